The van der Waals surface area contributed by atoms with Crippen molar-refractivity contribution in [1.29, 1.82) is 0 Å². The average Bonchev–Trinajstić information content (AvgIpc) is 2.35. The van der Waals surface area contributed by atoms with Gasteiger partial charge in [0, 0.05) is 0 Å². The molecule has 1 unspecified atom stereocenters. The Morgan fingerprint density at radius 2 is 1.84 bits per heavy atom. The minimum absolute atomic E-state index is 0.0682. The molecule has 0 aliphatic heterocycles. The first kappa shape index (κ1) is 15.7. The fourth-order valence-corrected chi connectivity index (χ4v) is 3.03. The Morgan fingerprint density at radius 3 is 2.32 bits per heavy atom. The summed E-state index contributed by atoms with van der Waals surface area (Å²) < 4.78 is 25.9. The monoisotopic (exact) mass is 285 g/mol. The van der Waals surface area contributed by atoms with E-state index in [4.69, 9.17) is 5.11 Å². The molecule has 1 aromatic rings. The van der Waals surface area contributed by atoms with E-state index in [-0.39, 0.29) is 11.7 Å². The Balaban J connectivity index is 2.83. The molecule has 0 spiro atoms. The molecule has 106 valence electrons. The van der Waals surface area contributed by atoms with Crippen LogP contribution in [0.1, 0.15) is 31.9 Å². The minimum atomic E-state index is -3.60. The summed E-state index contributed by atoms with van der Waals surface area (Å²) in [6.45, 7) is 3.84. The molecule has 2 N–H and O–H groups in total. The number of carboxylic acids is 1. The first-order valence-electron chi connectivity index (χ1n) is 6.09. The number of sulfonamides is 1. The van der Waals surface area contributed by atoms with Gasteiger partial charge in [-0.15, -0.1) is 0 Å². The van der Waals surface area contributed by atoms with Gasteiger partial charge < -0.3 is 5.11 Å². The van der Waals surface area contributed by atoms with Gasteiger partial charge >= 0.3 is 5.97 Å². The minimum Gasteiger partial charge on any atom is -0.480 e. The van der Waals surface area contributed by atoms with Crippen molar-refractivity contribution in [2.24, 2.45) is 5.92 Å². The summed E-state index contributed by atoms with van der Waals surface area (Å²) in [7, 11) is -3.60. The smallest absolute Gasteiger partial charge is 0.326 e. The number of carboxylic acid groups (broad SMARTS) is 1. The van der Waals surface area contributed by atoms with Gasteiger partial charge in [-0.05, 0) is 17.9 Å². The highest BCUT2D eigenvalue weighted by molar-refractivity contribution is 7.89. The number of hydrogen-bond acceptors (Lipinski definition) is 3. The van der Waals surface area contributed by atoms with Gasteiger partial charge in [0.25, 0.3) is 0 Å². The normalized spacial score (nSPS) is 13.4. The molecule has 0 fully saturated rings. The van der Waals surface area contributed by atoms with E-state index in [2.05, 4.69) is 4.72 Å². The molecular weight excluding hydrogens is 266 g/mol. The Bertz CT molecular complexity index is 511. The summed E-state index contributed by atoms with van der Waals surface area (Å²) in [6.07, 6.45) is 0.496. The quantitative estimate of drug-likeness (QED) is 0.800. The van der Waals surface area contributed by atoms with Crippen molar-refractivity contribution < 1.29 is 18.3 Å². The summed E-state index contributed by atoms with van der Waals surface area (Å²) in [5.41, 5.74) is 0.420. The van der Waals surface area contributed by atoms with Crippen LogP contribution in [0.4, 0.5) is 0 Å². The van der Waals surface area contributed by atoms with E-state index in [1.54, 1.807) is 30.3 Å². The van der Waals surface area contributed by atoms with E-state index >= 15 is 0 Å². The van der Waals surface area contributed by atoms with Crippen LogP contribution in [-0.4, -0.2) is 25.2 Å². The Labute approximate surface area is 113 Å². The molecule has 0 aromatic heterocycles. The molecule has 1 rings (SSSR count). The Morgan fingerprint density at radius 1 is 1.26 bits per heavy atom. The number of aliphatic carboxylic acids is 1. The van der Waals surface area contributed by atoms with Crippen LogP contribution in [0.15, 0.2) is 30.3 Å². The number of carbonyl (C=O) groups is 1. The van der Waals surface area contributed by atoms with E-state index in [1.165, 1.54) is 0 Å². The lowest BCUT2D eigenvalue weighted by molar-refractivity contribution is -0.139. The van der Waals surface area contributed by atoms with Gasteiger partial charge in [-0.25, -0.2) is 8.42 Å². The lowest BCUT2D eigenvalue weighted by Crippen LogP contribution is -2.35. The molecule has 1 atom stereocenters. The van der Waals surface area contributed by atoms with Crippen LogP contribution in [0.2, 0.25) is 0 Å². The zero-order valence-corrected chi connectivity index (χ0v) is 11.9. The fourth-order valence-electron chi connectivity index (χ4n) is 1.54. The maximum absolute atomic E-state index is 11.8. The highest BCUT2D eigenvalue weighted by Crippen LogP contribution is 2.14. The third-order valence-corrected chi connectivity index (χ3v) is 4.01. The second-order valence-electron chi connectivity index (χ2n) is 4.80. The van der Waals surface area contributed by atoms with Gasteiger partial charge in [0.15, 0.2) is 0 Å². The molecule has 0 heterocycles. The topological polar surface area (TPSA) is 83.5 Å². The number of rotatable bonds is 7. The van der Waals surface area contributed by atoms with E-state index in [0.717, 1.165) is 0 Å². The molecule has 5 nitrogen and oxygen atoms in total. The predicted octanol–water partition coefficient (Wildman–Crippen LogP) is 1.78. The first-order chi connectivity index (χ1) is 8.82. The predicted molar refractivity (Wildman–Crippen MR) is 73.2 cm³/mol. The fraction of sp³-hybridized carbons (Fsp3) is 0.462. The molecule has 0 aliphatic carbocycles. The highest BCUT2D eigenvalue weighted by atomic mass is 32.2. The number of hydrogen-bond donors (Lipinski definition) is 2. The van der Waals surface area contributed by atoms with Gasteiger partial charge in [0.2, 0.25) is 10.0 Å². The van der Waals surface area contributed by atoms with Crippen molar-refractivity contribution in [2.45, 2.75) is 26.3 Å². The Kier molecular flexibility index (Phi) is 5.50. The lowest BCUT2D eigenvalue weighted by atomic mass is 10.1. The summed E-state index contributed by atoms with van der Waals surface area (Å²) in [5, 5.41) is 9.14. The summed E-state index contributed by atoms with van der Waals surface area (Å²) in [6, 6.07) is 7.03. The van der Waals surface area contributed by atoms with Crippen molar-refractivity contribution in [3.8, 4) is 0 Å². The van der Waals surface area contributed by atoms with Crippen LogP contribution in [0.25, 0.3) is 0 Å². The molecule has 6 heteroatoms. The number of benzene rings is 1. The maximum Gasteiger partial charge on any atom is 0.326 e. The van der Waals surface area contributed by atoms with Gasteiger partial charge in [-0.2, -0.15) is 4.72 Å². The zero-order chi connectivity index (χ0) is 14.5. The molecule has 19 heavy (non-hydrogen) atoms. The molecule has 1 aromatic carbocycles. The zero-order valence-electron chi connectivity index (χ0n) is 11.0. The summed E-state index contributed by atoms with van der Waals surface area (Å²) in [5.74, 6) is -1.03. The van der Waals surface area contributed by atoms with Crippen LogP contribution in [0.3, 0.4) is 0 Å². The van der Waals surface area contributed by atoms with E-state index in [1.807, 2.05) is 13.8 Å². The van der Waals surface area contributed by atoms with Crippen LogP contribution < -0.4 is 4.72 Å². The van der Waals surface area contributed by atoms with Crippen molar-refractivity contribution in [3.63, 3.8) is 0 Å². The molecule has 0 radical (unpaired) electrons. The molecule has 0 amide bonds. The van der Waals surface area contributed by atoms with E-state index in [9.17, 15) is 13.2 Å². The molecule has 0 bridgehead atoms. The second kappa shape index (κ2) is 6.68. The second-order valence-corrected chi connectivity index (χ2v) is 6.67. The third-order valence-electron chi connectivity index (χ3n) is 2.64. The molecule has 0 aliphatic rings. The number of nitrogens with one attached hydrogen (secondary N) is 1. The Hall–Kier alpha value is -1.40. The van der Waals surface area contributed by atoms with Gasteiger partial charge in [-0.3, -0.25) is 4.79 Å². The highest BCUT2D eigenvalue weighted by Gasteiger charge is 2.25. The molecule has 0 saturated heterocycles. The van der Waals surface area contributed by atoms with E-state index < -0.39 is 22.0 Å². The van der Waals surface area contributed by atoms with Crippen LogP contribution >= 0.6 is 0 Å². The van der Waals surface area contributed by atoms with Gasteiger partial charge in [0.05, 0.1) is 5.75 Å². The van der Waals surface area contributed by atoms with Crippen molar-refractivity contribution in [1.82, 2.24) is 4.72 Å². The largest absolute Gasteiger partial charge is 0.480 e. The SMILES string of the molecule is CC(C)CCS(=O)(=O)NC(C(=O)O)c1ccccc1. The standard InChI is InChI=1S/C13H19NO4S/c1-10(2)8-9-19(17,18)14-12(13(15)16)11-6-4-3-5-7-11/h3-7,10,12,14H,8-9H2,1-2H3,(H,15,16). The first-order valence-corrected chi connectivity index (χ1v) is 7.75. The van der Waals surface area contributed by atoms with Crippen molar-refractivity contribution in [3.05, 3.63) is 35.9 Å². The summed E-state index contributed by atoms with van der Waals surface area (Å²) >= 11 is 0. The van der Waals surface area contributed by atoms with Crippen molar-refractivity contribution >= 4 is 16.0 Å². The van der Waals surface area contributed by atoms with Crippen LogP contribution in [0, 0.1) is 5.92 Å². The van der Waals surface area contributed by atoms with Crippen molar-refractivity contribution in [2.75, 3.05) is 5.75 Å². The maximum atomic E-state index is 11.8. The molecule has 0 saturated carbocycles. The molecular formula is C13H19NO4S. The van der Waals surface area contributed by atoms with Crippen LogP contribution in [-0.2, 0) is 14.8 Å². The van der Waals surface area contributed by atoms with Crippen LogP contribution in [0.5, 0.6) is 0 Å². The lowest BCUT2D eigenvalue weighted by Gasteiger charge is -2.15. The van der Waals surface area contributed by atoms with E-state index in [0.29, 0.717) is 12.0 Å². The van der Waals surface area contributed by atoms with Gasteiger partial charge in [-0.1, -0.05) is 44.2 Å². The summed E-state index contributed by atoms with van der Waals surface area (Å²) in [4.78, 5) is 11.2. The average molecular weight is 285 g/mol. The van der Waals surface area contributed by atoms with Gasteiger partial charge in [0.1, 0.15) is 6.04 Å². The third kappa shape index (κ3) is 5.40.